The third kappa shape index (κ3) is 2.14. The number of fused-ring (bicyclic) bond motifs is 1. The van der Waals surface area contributed by atoms with Gasteiger partial charge in [-0.1, -0.05) is 0 Å². The van der Waals surface area contributed by atoms with Crippen molar-refractivity contribution in [3.63, 3.8) is 0 Å². The number of hydrogen-bond acceptors (Lipinski definition) is 5. The SMILES string of the molecule is COc1cc([N+](=O)[O-])ccc1-c1n[nH]c2ccc(N)cc12. The number of nitrogens with zero attached hydrogens (tertiary/aromatic N) is 2. The average Bonchev–Trinajstić information content (AvgIpc) is 2.89. The van der Waals surface area contributed by atoms with Crippen LogP contribution in [0.2, 0.25) is 0 Å². The van der Waals surface area contributed by atoms with E-state index in [-0.39, 0.29) is 5.69 Å². The van der Waals surface area contributed by atoms with Gasteiger partial charge in [0.25, 0.3) is 5.69 Å². The molecule has 0 spiro atoms. The van der Waals surface area contributed by atoms with Crippen molar-refractivity contribution in [2.24, 2.45) is 0 Å². The second-order valence-corrected chi connectivity index (χ2v) is 4.52. The van der Waals surface area contributed by atoms with Gasteiger partial charge in [0, 0.05) is 22.7 Å². The maximum Gasteiger partial charge on any atom is 0.273 e. The molecule has 1 heterocycles. The molecule has 0 aliphatic rings. The Morgan fingerprint density at radius 3 is 2.81 bits per heavy atom. The van der Waals surface area contributed by atoms with Gasteiger partial charge in [-0.25, -0.2) is 0 Å². The van der Waals surface area contributed by atoms with E-state index in [4.69, 9.17) is 10.5 Å². The number of nitrogens with two attached hydrogens (primary N) is 1. The van der Waals surface area contributed by atoms with Crippen LogP contribution in [0.15, 0.2) is 36.4 Å². The number of non-ortho nitro benzene ring substituents is 1. The smallest absolute Gasteiger partial charge is 0.273 e. The Kier molecular flexibility index (Phi) is 2.94. The standard InChI is InChI=1S/C14H12N4O3/c1-21-13-7-9(18(19)20)3-4-10(13)14-11-6-8(15)2-5-12(11)16-17-14/h2-7H,15H2,1H3,(H,16,17). The number of nitro benzene ring substituents is 1. The zero-order chi connectivity index (χ0) is 15.0. The molecular weight excluding hydrogens is 272 g/mol. The molecule has 0 aliphatic heterocycles. The first-order valence-electron chi connectivity index (χ1n) is 6.16. The van der Waals surface area contributed by atoms with Crippen LogP contribution in [0.5, 0.6) is 5.75 Å². The van der Waals surface area contributed by atoms with Crippen LogP contribution in [0.1, 0.15) is 0 Å². The molecule has 0 amide bonds. The van der Waals surface area contributed by atoms with Crippen molar-refractivity contribution < 1.29 is 9.66 Å². The third-order valence-corrected chi connectivity index (χ3v) is 3.24. The zero-order valence-corrected chi connectivity index (χ0v) is 11.2. The van der Waals surface area contributed by atoms with Gasteiger partial charge in [-0.15, -0.1) is 0 Å². The summed E-state index contributed by atoms with van der Waals surface area (Å²) in [7, 11) is 1.46. The van der Waals surface area contributed by atoms with Crippen molar-refractivity contribution >= 4 is 22.3 Å². The van der Waals surface area contributed by atoms with Crippen LogP contribution in [0.4, 0.5) is 11.4 Å². The predicted molar refractivity (Wildman–Crippen MR) is 79.1 cm³/mol. The second-order valence-electron chi connectivity index (χ2n) is 4.52. The number of methoxy groups -OCH3 is 1. The van der Waals surface area contributed by atoms with E-state index in [0.29, 0.717) is 22.7 Å². The van der Waals surface area contributed by atoms with Gasteiger partial charge in [-0.3, -0.25) is 15.2 Å². The summed E-state index contributed by atoms with van der Waals surface area (Å²) in [5.41, 5.74) is 8.53. The van der Waals surface area contributed by atoms with Crippen LogP contribution in [-0.2, 0) is 0 Å². The maximum absolute atomic E-state index is 10.8. The molecule has 3 N–H and O–H groups in total. The first kappa shape index (κ1) is 12.9. The fourth-order valence-electron chi connectivity index (χ4n) is 2.23. The van der Waals surface area contributed by atoms with Gasteiger partial charge >= 0.3 is 0 Å². The first-order valence-corrected chi connectivity index (χ1v) is 6.16. The van der Waals surface area contributed by atoms with E-state index >= 15 is 0 Å². The quantitative estimate of drug-likeness (QED) is 0.437. The fraction of sp³-hybridized carbons (Fsp3) is 0.0714. The van der Waals surface area contributed by atoms with Crippen LogP contribution in [0.25, 0.3) is 22.2 Å². The lowest BCUT2D eigenvalue weighted by Crippen LogP contribution is -1.93. The highest BCUT2D eigenvalue weighted by Gasteiger charge is 2.16. The Bertz CT molecular complexity index is 841. The number of anilines is 1. The Hall–Kier alpha value is -3.09. The van der Waals surface area contributed by atoms with E-state index in [1.165, 1.54) is 19.2 Å². The van der Waals surface area contributed by atoms with Crippen molar-refractivity contribution in [2.75, 3.05) is 12.8 Å². The number of nitro groups is 1. The van der Waals surface area contributed by atoms with E-state index in [9.17, 15) is 10.1 Å². The number of aromatic amines is 1. The van der Waals surface area contributed by atoms with E-state index < -0.39 is 4.92 Å². The zero-order valence-electron chi connectivity index (χ0n) is 11.2. The molecule has 0 atom stereocenters. The van der Waals surface area contributed by atoms with E-state index in [0.717, 1.165) is 10.9 Å². The molecule has 2 aromatic carbocycles. The summed E-state index contributed by atoms with van der Waals surface area (Å²) >= 11 is 0. The molecule has 3 rings (SSSR count). The predicted octanol–water partition coefficient (Wildman–Crippen LogP) is 2.73. The Morgan fingerprint density at radius 2 is 2.10 bits per heavy atom. The highest BCUT2D eigenvalue weighted by molar-refractivity contribution is 5.96. The number of aromatic nitrogens is 2. The van der Waals surface area contributed by atoms with Crippen molar-refractivity contribution in [2.45, 2.75) is 0 Å². The molecule has 0 unspecified atom stereocenters. The second kappa shape index (κ2) is 4.78. The molecule has 0 aliphatic carbocycles. The molecule has 0 saturated carbocycles. The van der Waals surface area contributed by atoms with E-state index in [1.54, 1.807) is 18.2 Å². The van der Waals surface area contributed by atoms with Crippen LogP contribution in [-0.4, -0.2) is 22.2 Å². The summed E-state index contributed by atoms with van der Waals surface area (Å²) in [6, 6.07) is 9.83. The molecule has 7 heteroatoms. The molecule has 0 saturated heterocycles. The molecule has 3 aromatic rings. The summed E-state index contributed by atoms with van der Waals surface area (Å²) in [4.78, 5) is 10.4. The van der Waals surface area contributed by atoms with Crippen LogP contribution in [0, 0.1) is 10.1 Å². The van der Waals surface area contributed by atoms with Gasteiger partial charge in [0.15, 0.2) is 0 Å². The fourth-order valence-corrected chi connectivity index (χ4v) is 2.23. The van der Waals surface area contributed by atoms with Gasteiger partial charge < -0.3 is 10.5 Å². The molecule has 106 valence electrons. The van der Waals surface area contributed by atoms with Crippen molar-refractivity contribution in [3.05, 3.63) is 46.5 Å². The van der Waals surface area contributed by atoms with Gasteiger partial charge in [0.2, 0.25) is 0 Å². The topological polar surface area (TPSA) is 107 Å². The minimum atomic E-state index is -0.465. The molecule has 7 nitrogen and oxygen atoms in total. The Balaban J connectivity index is 2.22. The van der Waals surface area contributed by atoms with Gasteiger partial charge in [-0.2, -0.15) is 5.10 Å². The molecule has 0 bridgehead atoms. The average molecular weight is 284 g/mol. The Labute approximate surface area is 119 Å². The number of H-pyrrole nitrogens is 1. The lowest BCUT2D eigenvalue weighted by atomic mass is 10.1. The minimum absolute atomic E-state index is 0.0324. The first-order chi connectivity index (χ1) is 10.1. The largest absolute Gasteiger partial charge is 0.496 e. The van der Waals surface area contributed by atoms with Gasteiger partial charge in [0.05, 0.1) is 23.6 Å². The lowest BCUT2D eigenvalue weighted by molar-refractivity contribution is -0.384. The van der Waals surface area contributed by atoms with Crippen molar-refractivity contribution in [1.29, 1.82) is 0 Å². The monoisotopic (exact) mass is 284 g/mol. The van der Waals surface area contributed by atoms with Crippen molar-refractivity contribution in [3.8, 4) is 17.0 Å². The maximum atomic E-state index is 10.8. The summed E-state index contributed by atoms with van der Waals surface area (Å²) in [5.74, 6) is 0.389. The number of benzene rings is 2. The summed E-state index contributed by atoms with van der Waals surface area (Å²) in [5, 5.41) is 18.8. The number of hydrogen-bond donors (Lipinski definition) is 2. The molecule has 21 heavy (non-hydrogen) atoms. The molecule has 1 aromatic heterocycles. The van der Waals surface area contributed by atoms with E-state index in [1.807, 2.05) is 6.07 Å². The summed E-state index contributed by atoms with van der Waals surface area (Å²) in [6.45, 7) is 0. The van der Waals surface area contributed by atoms with Crippen LogP contribution >= 0.6 is 0 Å². The number of rotatable bonds is 3. The lowest BCUT2D eigenvalue weighted by Gasteiger charge is -2.06. The van der Waals surface area contributed by atoms with E-state index in [2.05, 4.69) is 10.2 Å². The van der Waals surface area contributed by atoms with Crippen molar-refractivity contribution in [1.82, 2.24) is 10.2 Å². The van der Waals surface area contributed by atoms with Gasteiger partial charge in [0.1, 0.15) is 11.4 Å². The summed E-state index contributed by atoms with van der Waals surface area (Å²) < 4.78 is 5.25. The highest BCUT2D eigenvalue weighted by Crippen LogP contribution is 2.36. The number of nitrogens with one attached hydrogen (secondary N) is 1. The van der Waals surface area contributed by atoms with Gasteiger partial charge in [-0.05, 0) is 24.3 Å². The Morgan fingerprint density at radius 1 is 1.29 bits per heavy atom. The van der Waals surface area contributed by atoms with Crippen LogP contribution < -0.4 is 10.5 Å². The molecular formula is C14H12N4O3. The normalized spacial score (nSPS) is 10.7. The third-order valence-electron chi connectivity index (χ3n) is 3.24. The molecule has 0 radical (unpaired) electrons. The summed E-state index contributed by atoms with van der Waals surface area (Å²) in [6.07, 6.45) is 0. The number of ether oxygens (including phenoxy) is 1. The minimum Gasteiger partial charge on any atom is -0.496 e. The number of nitrogen functional groups attached to an aromatic ring is 1. The molecule has 0 fully saturated rings. The van der Waals surface area contributed by atoms with Crippen LogP contribution in [0.3, 0.4) is 0 Å². The highest BCUT2D eigenvalue weighted by atomic mass is 16.6.